The summed E-state index contributed by atoms with van der Waals surface area (Å²) in [6.07, 6.45) is 2.43. The number of halogens is 1. The number of aromatic nitrogens is 2. The van der Waals surface area contributed by atoms with Crippen LogP contribution in [0.2, 0.25) is 0 Å². The number of ether oxygens (including phenoxy) is 1. The minimum Gasteiger partial charge on any atom is -0.496 e. The van der Waals surface area contributed by atoms with Crippen LogP contribution in [0.4, 0.5) is 15.9 Å². The molecule has 3 rings (SSSR count). The predicted molar refractivity (Wildman–Crippen MR) is 96.8 cm³/mol. The highest BCUT2D eigenvalue weighted by molar-refractivity contribution is 7.90. The standard InChI is InChI=1S/C18H16FN3O3S/c1-25-16-8-4-7-14(19)18(16)15-10-17(21-11-20-15)22-12-5-3-6-13(9-12)26(2,23)24/h3-11H,1-2H3,(H,20,21,22). The van der Waals surface area contributed by atoms with E-state index in [-0.39, 0.29) is 10.5 Å². The fraction of sp³-hybridized carbons (Fsp3) is 0.111. The number of nitrogens with zero attached hydrogens (tertiary/aromatic N) is 2. The van der Waals surface area contributed by atoms with Gasteiger partial charge in [0.1, 0.15) is 23.7 Å². The van der Waals surface area contributed by atoms with Crippen molar-refractivity contribution in [1.29, 1.82) is 0 Å². The largest absolute Gasteiger partial charge is 0.496 e. The molecule has 0 amide bonds. The number of hydrogen-bond acceptors (Lipinski definition) is 6. The number of benzene rings is 2. The summed E-state index contributed by atoms with van der Waals surface area (Å²) in [6, 6.07) is 12.4. The summed E-state index contributed by atoms with van der Waals surface area (Å²) in [6.45, 7) is 0. The molecule has 1 aromatic heterocycles. The monoisotopic (exact) mass is 373 g/mol. The number of sulfone groups is 1. The lowest BCUT2D eigenvalue weighted by Gasteiger charge is -2.11. The van der Waals surface area contributed by atoms with E-state index in [0.29, 0.717) is 22.9 Å². The molecule has 3 aromatic rings. The molecule has 0 spiro atoms. The van der Waals surface area contributed by atoms with Gasteiger partial charge in [0.05, 0.1) is 23.3 Å². The lowest BCUT2D eigenvalue weighted by molar-refractivity contribution is 0.413. The van der Waals surface area contributed by atoms with Gasteiger partial charge >= 0.3 is 0 Å². The Balaban J connectivity index is 1.97. The molecule has 0 fully saturated rings. The maximum atomic E-state index is 14.2. The Bertz CT molecular complexity index is 1060. The lowest BCUT2D eigenvalue weighted by Crippen LogP contribution is -2.00. The Hall–Kier alpha value is -3.00. The van der Waals surface area contributed by atoms with Crippen LogP contribution in [0, 0.1) is 5.82 Å². The summed E-state index contributed by atoms with van der Waals surface area (Å²) in [5.41, 5.74) is 1.11. The van der Waals surface area contributed by atoms with E-state index in [1.165, 1.54) is 31.6 Å². The van der Waals surface area contributed by atoms with Crippen molar-refractivity contribution in [3.63, 3.8) is 0 Å². The molecule has 6 nitrogen and oxygen atoms in total. The average molecular weight is 373 g/mol. The minimum atomic E-state index is -3.32. The predicted octanol–water partition coefficient (Wildman–Crippen LogP) is 3.44. The van der Waals surface area contributed by atoms with Gasteiger partial charge in [-0.05, 0) is 30.3 Å². The second kappa shape index (κ2) is 7.09. The van der Waals surface area contributed by atoms with Crippen LogP contribution < -0.4 is 10.1 Å². The zero-order valence-corrected chi connectivity index (χ0v) is 14.9. The zero-order chi connectivity index (χ0) is 18.7. The third-order valence-electron chi connectivity index (χ3n) is 3.65. The first-order valence-electron chi connectivity index (χ1n) is 7.60. The Morgan fingerprint density at radius 1 is 1.08 bits per heavy atom. The van der Waals surface area contributed by atoms with Gasteiger partial charge in [0.25, 0.3) is 0 Å². The van der Waals surface area contributed by atoms with Crippen molar-refractivity contribution in [2.24, 2.45) is 0 Å². The van der Waals surface area contributed by atoms with Crippen LogP contribution in [-0.2, 0) is 9.84 Å². The minimum absolute atomic E-state index is 0.188. The Labute approximate surface area is 150 Å². The molecule has 0 aliphatic carbocycles. The first kappa shape index (κ1) is 17.8. The van der Waals surface area contributed by atoms with Crippen molar-refractivity contribution in [2.75, 3.05) is 18.7 Å². The SMILES string of the molecule is COc1cccc(F)c1-c1cc(Nc2cccc(S(C)(=O)=O)c2)ncn1. The second-order valence-corrected chi connectivity index (χ2v) is 7.55. The fourth-order valence-corrected chi connectivity index (χ4v) is 3.10. The van der Waals surface area contributed by atoms with Crippen molar-refractivity contribution in [1.82, 2.24) is 9.97 Å². The number of hydrogen-bond donors (Lipinski definition) is 1. The van der Waals surface area contributed by atoms with Crippen molar-refractivity contribution in [2.45, 2.75) is 4.90 Å². The van der Waals surface area contributed by atoms with Gasteiger partial charge in [0, 0.05) is 18.0 Å². The summed E-state index contributed by atoms with van der Waals surface area (Å²) in [5, 5.41) is 3.00. The van der Waals surface area contributed by atoms with E-state index >= 15 is 0 Å². The average Bonchev–Trinajstić information content (AvgIpc) is 2.61. The third kappa shape index (κ3) is 3.80. The maximum absolute atomic E-state index is 14.2. The van der Waals surface area contributed by atoms with Gasteiger partial charge in [-0.2, -0.15) is 0 Å². The second-order valence-electron chi connectivity index (χ2n) is 5.53. The van der Waals surface area contributed by atoms with Crippen LogP contribution in [0.3, 0.4) is 0 Å². The first-order chi connectivity index (χ1) is 12.4. The summed E-state index contributed by atoms with van der Waals surface area (Å²) < 4.78 is 42.8. The molecule has 2 aromatic carbocycles. The van der Waals surface area contributed by atoms with E-state index in [4.69, 9.17) is 4.74 Å². The zero-order valence-electron chi connectivity index (χ0n) is 14.1. The van der Waals surface area contributed by atoms with Crippen molar-refractivity contribution in [3.8, 4) is 17.0 Å². The third-order valence-corrected chi connectivity index (χ3v) is 4.76. The molecule has 0 aliphatic rings. The van der Waals surface area contributed by atoms with Crippen molar-refractivity contribution in [3.05, 3.63) is 60.7 Å². The summed E-state index contributed by atoms with van der Waals surface area (Å²) in [7, 11) is -1.87. The molecule has 26 heavy (non-hydrogen) atoms. The van der Waals surface area contributed by atoms with E-state index in [0.717, 1.165) is 6.26 Å². The highest BCUT2D eigenvalue weighted by Gasteiger charge is 2.14. The molecule has 0 saturated heterocycles. The van der Waals surface area contributed by atoms with Gasteiger partial charge < -0.3 is 10.1 Å². The Morgan fingerprint density at radius 3 is 2.58 bits per heavy atom. The van der Waals surface area contributed by atoms with Crippen LogP contribution in [-0.4, -0.2) is 31.8 Å². The molecule has 0 saturated carbocycles. The van der Waals surface area contributed by atoms with Crippen LogP contribution in [0.1, 0.15) is 0 Å². The molecular formula is C18H16FN3O3S. The molecule has 1 N–H and O–H groups in total. The molecule has 0 radical (unpaired) electrons. The lowest BCUT2D eigenvalue weighted by atomic mass is 10.1. The molecule has 0 atom stereocenters. The van der Waals surface area contributed by atoms with Crippen LogP contribution >= 0.6 is 0 Å². The smallest absolute Gasteiger partial charge is 0.175 e. The topological polar surface area (TPSA) is 81.2 Å². The molecule has 1 heterocycles. The van der Waals surface area contributed by atoms with Gasteiger partial charge in [-0.25, -0.2) is 22.8 Å². The first-order valence-corrected chi connectivity index (χ1v) is 9.49. The summed E-state index contributed by atoms with van der Waals surface area (Å²) in [5.74, 6) is 0.285. The van der Waals surface area contributed by atoms with Crippen LogP contribution in [0.15, 0.2) is 59.8 Å². The highest BCUT2D eigenvalue weighted by atomic mass is 32.2. The maximum Gasteiger partial charge on any atom is 0.175 e. The van der Waals surface area contributed by atoms with Crippen molar-refractivity contribution < 1.29 is 17.5 Å². The van der Waals surface area contributed by atoms with E-state index < -0.39 is 15.7 Å². The Morgan fingerprint density at radius 2 is 1.85 bits per heavy atom. The molecule has 8 heteroatoms. The summed E-state index contributed by atoms with van der Waals surface area (Å²) in [4.78, 5) is 8.40. The quantitative estimate of drug-likeness (QED) is 0.738. The van der Waals surface area contributed by atoms with Crippen LogP contribution in [0.25, 0.3) is 11.3 Å². The molecule has 0 aliphatic heterocycles. The fourth-order valence-electron chi connectivity index (χ4n) is 2.44. The number of anilines is 2. The molecular weight excluding hydrogens is 357 g/mol. The van der Waals surface area contributed by atoms with Gasteiger partial charge in [-0.3, -0.25) is 0 Å². The number of methoxy groups -OCH3 is 1. The molecule has 0 bridgehead atoms. The Kier molecular flexibility index (Phi) is 4.85. The van der Waals surface area contributed by atoms with E-state index in [1.54, 1.807) is 30.3 Å². The van der Waals surface area contributed by atoms with E-state index in [9.17, 15) is 12.8 Å². The van der Waals surface area contributed by atoms with Gasteiger partial charge in [-0.15, -0.1) is 0 Å². The van der Waals surface area contributed by atoms with Crippen LogP contribution in [0.5, 0.6) is 5.75 Å². The van der Waals surface area contributed by atoms with Gasteiger partial charge in [0.15, 0.2) is 9.84 Å². The highest BCUT2D eigenvalue weighted by Crippen LogP contribution is 2.32. The van der Waals surface area contributed by atoms with E-state index in [2.05, 4.69) is 15.3 Å². The van der Waals surface area contributed by atoms with E-state index in [1.807, 2.05) is 0 Å². The normalized spacial score (nSPS) is 11.2. The summed E-state index contributed by atoms with van der Waals surface area (Å²) >= 11 is 0. The number of rotatable bonds is 5. The van der Waals surface area contributed by atoms with Crippen molar-refractivity contribution >= 4 is 21.3 Å². The van der Waals surface area contributed by atoms with Gasteiger partial charge in [-0.1, -0.05) is 12.1 Å². The molecule has 0 unspecified atom stereocenters. The number of nitrogens with one attached hydrogen (secondary N) is 1. The van der Waals surface area contributed by atoms with Gasteiger partial charge in [0.2, 0.25) is 0 Å². The molecule has 134 valence electrons.